The average Bonchev–Trinajstić information content (AvgIpc) is 2.48. The third-order valence-electron chi connectivity index (χ3n) is 3.26. The summed E-state index contributed by atoms with van der Waals surface area (Å²) in [4.78, 5) is 11.9. The van der Waals surface area contributed by atoms with Gasteiger partial charge in [0.15, 0.2) is 0 Å². The van der Waals surface area contributed by atoms with Gasteiger partial charge >= 0.3 is 5.97 Å². The van der Waals surface area contributed by atoms with Crippen LogP contribution in [0.25, 0.3) is 0 Å². The van der Waals surface area contributed by atoms with Gasteiger partial charge in [0.05, 0.1) is 11.6 Å². The largest absolute Gasteiger partial charge is 0.426 e. The smallest absolute Gasteiger partial charge is 0.311 e. The van der Waals surface area contributed by atoms with E-state index in [2.05, 4.69) is 6.07 Å². The Hall–Kier alpha value is -2.60. The van der Waals surface area contributed by atoms with Crippen molar-refractivity contribution in [3.8, 4) is 11.8 Å². The van der Waals surface area contributed by atoms with Gasteiger partial charge in [0.25, 0.3) is 0 Å². The van der Waals surface area contributed by atoms with Crippen LogP contribution in [0.4, 0.5) is 0 Å². The van der Waals surface area contributed by atoms with Crippen LogP contribution in [0.15, 0.2) is 42.5 Å². The summed E-state index contributed by atoms with van der Waals surface area (Å²) in [5.74, 6) is 0.372. The maximum Gasteiger partial charge on any atom is 0.311 e. The standard InChI is InChI=1S/C18H17NO2/c1-13-3-9-17(14(2)11-13)21-18(20)10-8-15-4-6-16(12-19)7-5-15/h3-7,9,11H,8,10H2,1-2H3. The number of hydrogen-bond acceptors (Lipinski definition) is 3. The Kier molecular flexibility index (Phi) is 4.73. The molecule has 0 amide bonds. The van der Waals surface area contributed by atoms with E-state index in [1.165, 1.54) is 0 Å². The Bertz CT molecular complexity index is 681. The summed E-state index contributed by atoms with van der Waals surface area (Å²) in [6.45, 7) is 3.93. The maximum absolute atomic E-state index is 11.9. The van der Waals surface area contributed by atoms with Crippen molar-refractivity contribution >= 4 is 5.97 Å². The van der Waals surface area contributed by atoms with Crippen molar-refractivity contribution in [1.29, 1.82) is 5.26 Å². The second kappa shape index (κ2) is 6.71. The van der Waals surface area contributed by atoms with Crippen LogP contribution in [0.3, 0.4) is 0 Å². The first kappa shape index (κ1) is 14.8. The zero-order chi connectivity index (χ0) is 15.2. The Labute approximate surface area is 124 Å². The molecule has 0 bridgehead atoms. The van der Waals surface area contributed by atoms with Gasteiger partial charge in [0.2, 0.25) is 0 Å². The van der Waals surface area contributed by atoms with Gasteiger partial charge < -0.3 is 4.74 Å². The van der Waals surface area contributed by atoms with Gasteiger partial charge in [-0.15, -0.1) is 0 Å². The quantitative estimate of drug-likeness (QED) is 0.633. The maximum atomic E-state index is 11.9. The summed E-state index contributed by atoms with van der Waals surface area (Å²) in [6.07, 6.45) is 0.925. The molecule has 0 N–H and O–H groups in total. The van der Waals surface area contributed by atoms with Crippen molar-refractivity contribution in [2.45, 2.75) is 26.7 Å². The van der Waals surface area contributed by atoms with Crippen LogP contribution in [0.5, 0.6) is 5.75 Å². The summed E-state index contributed by atoms with van der Waals surface area (Å²) in [7, 11) is 0. The topological polar surface area (TPSA) is 50.1 Å². The number of ether oxygens (including phenoxy) is 1. The van der Waals surface area contributed by atoms with Crippen molar-refractivity contribution in [2.75, 3.05) is 0 Å². The van der Waals surface area contributed by atoms with E-state index in [1.807, 2.05) is 44.2 Å². The lowest BCUT2D eigenvalue weighted by atomic mass is 10.1. The molecule has 0 aliphatic rings. The number of esters is 1. The van der Waals surface area contributed by atoms with Gasteiger partial charge in [0, 0.05) is 6.42 Å². The van der Waals surface area contributed by atoms with E-state index in [-0.39, 0.29) is 5.97 Å². The van der Waals surface area contributed by atoms with Gasteiger partial charge in [-0.1, -0.05) is 29.8 Å². The molecule has 0 radical (unpaired) electrons. The third-order valence-corrected chi connectivity index (χ3v) is 3.26. The molecule has 0 heterocycles. The first-order valence-electron chi connectivity index (χ1n) is 6.85. The van der Waals surface area contributed by atoms with E-state index in [9.17, 15) is 4.79 Å². The number of rotatable bonds is 4. The molecule has 0 saturated heterocycles. The fourth-order valence-corrected chi connectivity index (χ4v) is 2.08. The van der Waals surface area contributed by atoms with Crippen molar-refractivity contribution in [3.05, 3.63) is 64.7 Å². The minimum absolute atomic E-state index is 0.244. The van der Waals surface area contributed by atoms with Gasteiger partial charge in [-0.2, -0.15) is 5.26 Å². The fraction of sp³-hybridized carbons (Fsp3) is 0.222. The summed E-state index contributed by atoms with van der Waals surface area (Å²) in [5, 5.41) is 8.73. The molecule has 3 nitrogen and oxygen atoms in total. The van der Waals surface area contributed by atoms with Gasteiger partial charge in [-0.05, 0) is 49.6 Å². The molecule has 0 fully saturated rings. The Balaban J connectivity index is 1.91. The molecular weight excluding hydrogens is 262 g/mol. The molecular formula is C18H17NO2. The lowest BCUT2D eigenvalue weighted by Crippen LogP contribution is -2.09. The zero-order valence-electron chi connectivity index (χ0n) is 12.2. The molecule has 21 heavy (non-hydrogen) atoms. The molecule has 0 unspecified atom stereocenters. The van der Waals surface area contributed by atoms with E-state index < -0.39 is 0 Å². The highest BCUT2D eigenvalue weighted by molar-refractivity contribution is 5.73. The Morgan fingerprint density at radius 1 is 1.14 bits per heavy atom. The molecule has 0 aromatic heterocycles. The first-order valence-corrected chi connectivity index (χ1v) is 6.85. The van der Waals surface area contributed by atoms with Crippen LogP contribution in [0.1, 0.15) is 28.7 Å². The highest BCUT2D eigenvalue weighted by Crippen LogP contribution is 2.19. The second-order valence-corrected chi connectivity index (χ2v) is 5.05. The van der Waals surface area contributed by atoms with Crippen molar-refractivity contribution in [2.24, 2.45) is 0 Å². The molecule has 0 atom stereocenters. The van der Waals surface area contributed by atoms with Crippen LogP contribution < -0.4 is 4.74 Å². The van der Waals surface area contributed by atoms with E-state index in [4.69, 9.17) is 10.00 Å². The molecule has 0 aliphatic heterocycles. The lowest BCUT2D eigenvalue weighted by Gasteiger charge is -2.08. The highest BCUT2D eigenvalue weighted by Gasteiger charge is 2.08. The van der Waals surface area contributed by atoms with E-state index in [0.717, 1.165) is 16.7 Å². The predicted molar refractivity (Wildman–Crippen MR) is 81.0 cm³/mol. The summed E-state index contributed by atoms with van der Waals surface area (Å²) in [5.41, 5.74) is 3.75. The minimum Gasteiger partial charge on any atom is -0.426 e. The molecule has 0 saturated carbocycles. The molecule has 106 valence electrons. The van der Waals surface area contributed by atoms with E-state index in [0.29, 0.717) is 24.2 Å². The number of nitrogens with zero attached hydrogens (tertiary/aromatic N) is 1. The van der Waals surface area contributed by atoms with Crippen LogP contribution in [-0.4, -0.2) is 5.97 Å². The zero-order valence-corrected chi connectivity index (χ0v) is 12.2. The predicted octanol–water partition coefficient (Wildman–Crippen LogP) is 3.71. The summed E-state index contributed by atoms with van der Waals surface area (Å²) < 4.78 is 5.38. The number of carbonyl (C=O) groups excluding carboxylic acids is 1. The highest BCUT2D eigenvalue weighted by atomic mass is 16.5. The number of carbonyl (C=O) groups is 1. The summed E-state index contributed by atoms with van der Waals surface area (Å²) in [6, 6.07) is 15.0. The van der Waals surface area contributed by atoms with Gasteiger partial charge in [0.1, 0.15) is 5.75 Å². The van der Waals surface area contributed by atoms with E-state index >= 15 is 0 Å². The van der Waals surface area contributed by atoms with Crippen molar-refractivity contribution in [1.82, 2.24) is 0 Å². The molecule has 2 aromatic carbocycles. The van der Waals surface area contributed by atoms with E-state index in [1.54, 1.807) is 12.1 Å². The van der Waals surface area contributed by atoms with Gasteiger partial charge in [-0.3, -0.25) is 4.79 Å². The van der Waals surface area contributed by atoms with Crippen molar-refractivity contribution < 1.29 is 9.53 Å². The first-order chi connectivity index (χ1) is 10.1. The van der Waals surface area contributed by atoms with Crippen LogP contribution in [-0.2, 0) is 11.2 Å². The molecule has 2 rings (SSSR count). The number of nitriles is 1. The second-order valence-electron chi connectivity index (χ2n) is 5.05. The fourth-order valence-electron chi connectivity index (χ4n) is 2.08. The van der Waals surface area contributed by atoms with Crippen LogP contribution in [0, 0.1) is 25.2 Å². The van der Waals surface area contributed by atoms with Gasteiger partial charge in [-0.25, -0.2) is 0 Å². The monoisotopic (exact) mass is 279 g/mol. The number of hydrogen-bond donors (Lipinski definition) is 0. The number of benzene rings is 2. The summed E-state index contributed by atoms with van der Waals surface area (Å²) >= 11 is 0. The van der Waals surface area contributed by atoms with Crippen LogP contribution in [0.2, 0.25) is 0 Å². The van der Waals surface area contributed by atoms with Crippen molar-refractivity contribution in [3.63, 3.8) is 0 Å². The molecule has 0 spiro atoms. The molecule has 3 heteroatoms. The minimum atomic E-state index is -0.244. The molecule has 0 aliphatic carbocycles. The molecule has 2 aromatic rings. The SMILES string of the molecule is Cc1ccc(OC(=O)CCc2ccc(C#N)cc2)c(C)c1. The Morgan fingerprint density at radius 3 is 2.48 bits per heavy atom. The lowest BCUT2D eigenvalue weighted by molar-refractivity contribution is -0.134. The normalized spacial score (nSPS) is 9.95. The van der Waals surface area contributed by atoms with Crippen LogP contribution >= 0.6 is 0 Å². The average molecular weight is 279 g/mol. The third kappa shape index (κ3) is 4.19. The number of aryl methyl sites for hydroxylation is 3. The Morgan fingerprint density at radius 2 is 1.86 bits per heavy atom.